The first-order valence-electron chi connectivity index (χ1n) is 4.96. The number of rotatable bonds is 7. The van der Waals surface area contributed by atoms with Crippen LogP contribution in [0.4, 0.5) is 0 Å². The van der Waals surface area contributed by atoms with E-state index in [9.17, 15) is 0 Å². The van der Waals surface area contributed by atoms with Crippen LogP contribution in [0.3, 0.4) is 0 Å². The van der Waals surface area contributed by atoms with Crippen LogP contribution in [0.5, 0.6) is 0 Å². The molecule has 0 rings (SSSR count). The molecule has 0 spiro atoms. The minimum atomic E-state index is 0.731. The van der Waals surface area contributed by atoms with Gasteiger partial charge in [0.15, 0.2) is 0 Å². The summed E-state index contributed by atoms with van der Waals surface area (Å²) < 4.78 is 0. The van der Waals surface area contributed by atoms with Crippen molar-refractivity contribution in [2.24, 2.45) is 5.92 Å². The van der Waals surface area contributed by atoms with Crippen molar-refractivity contribution in [2.75, 3.05) is 0 Å². The summed E-state index contributed by atoms with van der Waals surface area (Å²) in [5.41, 5.74) is 0. The average Bonchev–Trinajstić information content (AvgIpc) is 2.05. The van der Waals surface area contributed by atoms with E-state index in [0.29, 0.717) is 0 Å². The highest BCUT2D eigenvalue weighted by atomic mass is 14.3. The van der Waals surface area contributed by atoms with Crippen LogP contribution in [-0.4, -0.2) is 6.21 Å². The van der Waals surface area contributed by atoms with Crippen LogP contribution in [0.2, 0.25) is 0 Å². The molecular formula is C11H21N. The van der Waals surface area contributed by atoms with E-state index in [1.807, 2.05) is 0 Å². The molecule has 0 amide bonds. The molecule has 0 aliphatic rings. The zero-order valence-electron chi connectivity index (χ0n) is 8.34. The Kier molecular flexibility index (Phi) is 8.09. The summed E-state index contributed by atoms with van der Waals surface area (Å²) in [6.45, 7) is 4.48. The highest BCUT2D eigenvalue weighted by Crippen LogP contribution is 2.07. The topological polar surface area (TPSA) is 23.9 Å². The molecule has 1 heteroatoms. The first-order valence-corrected chi connectivity index (χ1v) is 4.96. The highest BCUT2D eigenvalue weighted by Gasteiger charge is 1.92. The maximum absolute atomic E-state index is 6.84. The second kappa shape index (κ2) is 8.51. The SMILES string of the molecule is CCCC(C)C=CCCCC=N. The van der Waals surface area contributed by atoms with Crippen LogP contribution in [0.1, 0.15) is 46.0 Å². The summed E-state index contributed by atoms with van der Waals surface area (Å²) in [6, 6.07) is 0. The normalized spacial score (nSPS) is 13.5. The van der Waals surface area contributed by atoms with E-state index in [1.165, 1.54) is 19.1 Å². The van der Waals surface area contributed by atoms with Crippen molar-refractivity contribution in [2.45, 2.75) is 46.0 Å². The van der Waals surface area contributed by atoms with E-state index in [1.54, 1.807) is 0 Å². The van der Waals surface area contributed by atoms with Gasteiger partial charge in [-0.2, -0.15) is 0 Å². The van der Waals surface area contributed by atoms with E-state index >= 15 is 0 Å². The fourth-order valence-electron chi connectivity index (χ4n) is 1.22. The maximum atomic E-state index is 6.84. The lowest BCUT2D eigenvalue weighted by Crippen LogP contribution is -1.86. The minimum absolute atomic E-state index is 0.731. The second-order valence-electron chi connectivity index (χ2n) is 3.33. The van der Waals surface area contributed by atoms with Gasteiger partial charge in [0.05, 0.1) is 0 Å². The van der Waals surface area contributed by atoms with Crippen LogP contribution in [0, 0.1) is 11.3 Å². The molecule has 1 N–H and O–H groups in total. The molecule has 70 valence electrons. The first kappa shape index (κ1) is 11.4. The molecule has 0 aliphatic carbocycles. The molecule has 1 nitrogen and oxygen atoms in total. The Morgan fingerprint density at radius 1 is 1.33 bits per heavy atom. The summed E-state index contributed by atoms with van der Waals surface area (Å²) in [4.78, 5) is 0. The molecule has 0 aromatic carbocycles. The molecule has 12 heavy (non-hydrogen) atoms. The minimum Gasteiger partial charge on any atom is -0.313 e. The van der Waals surface area contributed by atoms with Crippen molar-refractivity contribution in [1.82, 2.24) is 0 Å². The Morgan fingerprint density at radius 2 is 2.08 bits per heavy atom. The van der Waals surface area contributed by atoms with Crippen LogP contribution in [0.15, 0.2) is 12.2 Å². The number of hydrogen-bond donors (Lipinski definition) is 1. The van der Waals surface area contributed by atoms with Gasteiger partial charge in [0.1, 0.15) is 0 Å². The van der Waals surface area contributed by atoms with Gasteiger partial charge in [-0.05, 0) is 37.8 Å². The lowest BCUT2D eigenvalue weighted by atomic mass is 10.1. The summed E-state index contributed by atoms with van der Waals surface area (Å²) in [6.07, 6.45) is 11.8. The fourth-order valence-corrected chi connectivity index (χ4v) is 1.22. The molecule has 0 saturated heterocycles. The van der Waals surface area contributed by atoms with Crippen molar-refractivity contribution in [3.05, 3.63) is 12.2 Å². The number of hydrogen-bond acceptors (Lipinski definition) is 1. The highest BCUT2D eigenvalue weighted by molar-refractivity contribution is 5.52. The van der Waals surface area contributed by atoms with Crippen molar-refractivity contribution < 1.29 is 0 Å². The Balaban J connectivity index is 3.27. The zero-order chi connectivity index (χ0) is 9.23. The van der Waals surface area contributed by atoms with Gasteiger partial charge in [0.2, 0.25) is 0 Å². The van der Waals surface area contributed by atoms with Crippen molar-refractivity contribution >= 4 is 6.21 Å². The van der Waals surface area contributed by atoms with Crippen molar-refractivity contribution in [3.63, 3.8) is 0 Å². The predicted octanol–water partition coefficient (Wildman–Crippen LogP) is 3.80. The lowest BCUT2D eigenvalue weighted by molar-refractivity contribution is 0.631. The smallest absolute Gasteiger partial charge is 0.00476 e. The fraction of sp³-hybridized carbons (Fsp3) is 0.727. The molecule has 0 radical (unpaired) electrons. The van der Waals surface area contributed by atoms with E-state index in [0.717, 1.165) is 25.2 Å². The van der Waals surface area contributed by atoms with Crippen LogP contribution in [0.25, 0.3) is 0 Å². The van der Waals surface area contributed by atoms with Crippen molar-refractivity contribution in [3.8, 4) is 0 Å². The van der Waals surface area contributed by atoms with E-state index in [-0.39, 0.29) is 0 Å². The third-order valence-electron chi connectivity index (χ3n) is 1.93. The predicted molar refractivity (Wildman–Crippen MR) is 55.8 cm³/mol. The quantitative estimate of drug-likeness (QED) is 0.339. The third-order valence-corrected chi connectivity index (χ3v) is 1.93. The van der Waals surface area contributed by atoms with E-state index in [4.69, 9.17) is 5.41 Å². The molecule has 0 heterocycles. The summed E-state index contributed by atoms with van der Waals surface area (Å²) >= 11 is 0. The van der Waals surface area contributed by atoms with Gasteiger partial charge in [-0.15, -0.1) is 0 Å². The van der Waals surface area contributed by atoms with E-state index in [2.05, 4.69) is 26.0 Å². The van der Waals surface area contributed by atoms with Gasteiger partial charge in [-0.3, -0.25) is 0 Å². The molecule has 1 atom stereocenters. The Bertz CT molecular complexity index is 127. The van der Waals surface area contributed by atoms with Gasteiger partial charge >= 0.3 is 0 Å². The number of unbranched alkanes of at least 4 members (excludes halogenated alkanes) is 2. The first-order chi connectivity index (χ1) is 5.81. The van der Waals surface area contributed by atoms with E-state index < -0.39 is 0 Å². The third kappa shape index (κ3) is 7.52. The molecule has 0 aromatic heterocycles. The summed E-state index contributed by atoms with van der Waals surface area (Å²) in [5.74, 6) is 0.731. The molecule has 1 unspecified atom stereocenters. The summed E-state index contributed by atoms with van der Waals surface area (Å²) in [7, 11) is 0. The second-order valence-corrected chi connectivity index (χ2v) is 3.33. The summed E-state index contributed by atoms with van der Waals surface area (Å²) in [5, 5.41) is 6.84. The average molecular weight is 167 g/mol. The zero-order valence-corrected chi connectivity index (χ0v) is 8.34. The lowest BCUT2D eigenvalue weighted by Gasteiger charge is -2.01. The van der Waals surface area contributed by atoms with Gasteiger partial charge in [-0.1, -0.05) is 32.4 Å². The Hall–Kier alpha value is -0.590. The molecule has 0 saturated carbocycles. The Labute approximate surface area is 76.4 Å². The molecule has 0 bridgehead atoms. The number of nitrogens with one attached hydrogen (secondary N) is 1. The maximum Gasteiger partial charge on any atom is -0.00476 e. The molecule has 0 fully saturated rings. The van der Waals surface area contributed by atoms with Gasteiger partial charge in [-0.25, -0.2) is 0 Å². The molecular weight excluding hydrogens is 146 g/mol. The van der Waals surface area contributed by atoms with Gasteiger partial charge in [0, 0.05) is 0 Å². The Morgan fingerprint density at radius 3 is 2.67 bits per heavy atom. The monoisotopic (exact) mass is 167 g/mol. The number of allylic oxidation sites excluding steroid dienone is 2. The largest absolute Gasteiger partial charge is 0.313 e. The molecule has 0 aliphatic heterocycles. The van der Waals surface area contributed by atoms with Crippen LogP contribution < -0.4 is 0 Å². The van der Waals surface area contributed by atoms with Crippen LogP contribution >= 0.6 is 0 Å². The van der Waals surface area contributed by atoms with Crippen molar-refractivity contribution in [1.29, 1.82) is 5.41 Å². The van der Waals surface area contributed by atoms with Crippen LogP contribution in [-0.2, 0) is 0 Å². The van der Waals surface area contributed by atoms with Gasteiger partial charge in [0.25, 0.3) is 0 Å². The van der Waals surface area contributed by atoms with Gasteiger partial charge < -0.3 is 5.41 Å². The standard InChI is InChI=1S/C11H21N/c1-3-8-11(2)9-6-4-5-7-10-12/h6,9-12H,3-5,7-8H2,1-2H3. The molecule has 0 aromatic rings.